The minimum absolute atomic E-state index is 0.0541. The van der Waals surface area contributed by atoms with Crippen molar-refractivity contribution in [3.05, 3.63) is 35.9 Å². The number of hydrogen-bond donors (Lipinski definition) is 1. The number of ether oxygens (including phenoxy) is 1. The van der Waals surface area contributed by atoms with Crippen LogP contribution in [0.2, 0.25) is 0 Å². The van der Waals surface area contributed by atoms with Gasteiger partial charge >= 0.3 is 0 Å². The van der Waals surface area contributed by atoms with Crippen molar-refractivity contribution in [2.45, 2.75) is 64.0 Å². The summed E-state index contributed by atoms with van der Waals surface area (Å²) in [5.74, 6) is 1.36. The molecule has 2 atom stereocenters. The molecule has 0 spiro atoms. The predicted octanol–water partition coefficient (Wildman–Crippen LogP) is 3.72. The van der Waals surface area contributed by atoms with E-state index in [2.05, 4.69) is 29.6 Å². The van der Waals surface area contributed by atoms with Crippen molar-refractivity contribution in [3.8, 4) is 0 Å². The average molecular weight is 315 g/mol. The molecule has 0 aliphatic heterocycles. The molecule has 0 bridgehead atoms. The number of benzene rings is 1. The van der Waals surface area contributed by atoms with Crippen LogP contribution in [0.5, 0.6) is 0 Å². The van der Waals surface area contributed by atoms with E-state index >= 15 is 0 Å². The van der Waals surface area contributed by atoms with Gasteiger partial charge in [-0.2, -0.15) is 0 Å². The summed E-state index contributed by atoms with van der Waals surface area (Å²) in [6.07, 6.45) is 8.14. The van der Waals surface area contributed by atoms with E-state index in [9.17, 15) is 4.79 Å². The molecule has 2 saturated carbocycles. The molecule has 3 nitrogen and oxygen atoms in total. The average Bonchev–Trinajstić information content (AvgIpc) is 3.24. The van der Waals surface area contributed by atoms with Gasteiger partial charge in [-0.3, -0.25) is 4.79 Å². The second-order valence-corrected chi connectivity index (χ2v) is 7.27. The Morgan fingerprint density at radius 3 is 2.52 bits per heavy atom. The van der Waals surface area contributed by atoms with E-state index in [0.717, 1.165) is 13.0 Å². The van der Waals surface area contributed by atoms with Gasteiger partial charge in [0.2, 0.25) is 5.91 Å². The second-order valence-electron chi connectivity index (χ2n) is 7.27. The first-order chi connectivity index (χ1) is 11.2. The molecule has 126 valence electrons. The summed E-state index contributed by atoms with van der Waals surface area (Å²) >= 11 is 0. The van der Waals surface area contributed by atoms with Gasteiger partial charge in [0, 0.05) is 6.04 Å². The molecule has 0 radical (unpaired) electrons. The van der Waals surface area contributed by atoms with E-state index in [1.165, 1.54) is 44.1 Å². The fraction of sp³-hybridized carbons (Fsp3) is 0.650. The lowest BCUT2D eigenvalue weighted by atomic mass is 9.92. The van der Waals surface area contributed by atoms with Gasteiger partial charge in [0.1, 0.15) is 6.10 Å². The van der Waals surface area contributed by atoms with Crippen LogP contribution in [-0.2, 0) is 16.0 Å². The molecule has 0 heterocycles. The minimum atomic E-state index is -0.338. The molecule has 23 heavy (non-hydrogen) atoms. The highest BCUT2D eigenvalue weighted by Crippen LogP contribution is 2.30. The van der Waals surface area contributed by atoms with Crippen LogP contribution in [0.15, 0.2) is 30.3 Å². The Labute approximate surface area is 139 Å². The highest BCUT2D eigenvalue weighted by atomic mass is 16.5. The van der Waals surface area contributed by atoms with Crippen LogP contribution in [0.25, 0.3) is 0 Å². The van der Waals surface area contributed by atoms with E-state index < -0.39 is 0 Å². The Bertz CT molecular complexity index is 492. The summed E-state index contributed by atoms with van der Waals surface area (Å²) in [5, 5.41) is 3.29. The lowest BCUT2D eigenvalue weighted by molar-refractivity contribution is -0.133. The largest absolute Gasteiger partial charge is 0.368 e. The zero-order valence-electron chi connectivity index (χ0n) is 14.2. The highest BCUT2D eigenvalue weighted by molar-refractivity contribution is 5.80. The Hall–Kier alpha value is -1.35. The fourth-order valence-corrected chi connectivity index (χ4v) is 3.50. The van der Waals surface area contributed by atoms with Crippen molar-refractivity contribution < 1.29 is 9.53 Å². The van der Waals surface area contributed by atoms with Crippen molar-refractivity contribution in [1.29, 1.82) is 0 Å². The maximum atomic E-state index is 12.5. The summed E-state index contributed by atoms with van der Waals surface area (Å²) < 4.78 is 5.73. The van der Waals surface area contributed by atoms with E-state index in [-0.39, 0.29) is 18.1 Å². The molecule has 1 amide bonds. The van der Waals surface area contributed by atoms with E-state index in [1.54, 1.807) is 0 Å². The Morgan fingerprint density at radius 2 is 1.87 bits per heavy atom. The monoisotopic (exact) mass is 315 g/mol. The maximum Gasteiger partial charge on any atom is 0.249 e. The lowest BCUT2D eigenvalue weighted by Crippen LogP contribution is -2.45. The Morgan fingerprint density at radius 1 is 1.17 bits per heavy atom. The maximum absolute atomic E-state index is 12.5. The number of hydrogen-bond acceptors (Lipinski definition) is 2. The normalized spacial score (nSPS) is 21.1. The Kier molecular flexibility index (Phi) is 5.71. The van der Waals surface area contributed by atoms with Crippen molar-refractivity contribution in [1.82, 2.24) is 5.32 Å². The summed E-state index contributed by atoms with van der Waals surface area (Å²) in [5.41, 5.74) is 1.30. The molecule has 3 rings (SSSR count). The van der Waals surface area contributed by atoms with Crippen LogP contribution in [0.3, 0.4) is 0 Å². The van der Waals surface area contributed by atoms with Gasteiger partial charge in [0.25, 0.3) is 0 Å². The SMILES string of the molecule is CC(OCC1CC1)C(=O)NC(Cc1ccccc1)C1CCCC1. The molecular weight excluding hydrogens is 286 g/mol. The van der Waals surface area contributed by atoms with Crippen molar-refractivity contribution in [2.75, 3.05) is 6.61 Å². The predicted molar refractivity (Wildman–Crippen MR) is 92.2 cm³/mol. The number of rotatable bonds is 8. The molecular formula is C20H29NO2. The quantitative estimate of drug-likeness (QED) is 0.794. The molecule has 2 aliphatic carbocycles. The zero-order valence-corrected chi connectivity index (χ0v) is 14.2. The van der Waals surface area contributed by atoms with Gasteiger partial charge in [-0.15, -0.1) is 0 Å². The van der Waals surface area contributed by atoms with Crippen LogP contribution in [0.1, 0.15) is 51.0 Å². The van der Waals surface area contributed by atoms with Gasteiger partial charge in [-0.1, -0.05) is 43.2 Å². The summed E-state index contributed by atoms with van der Waals surface area (Å²) in [7, 11) is 0. The summed E-state index contributed by atoms with van der Waals surface area (Å²) in [6, 6.07) is 10.7. The lowest BCUT2D eigenvalue weighted by Gasteiger charge is -2.26. The van der Waals surface area contributed by atoms with E-state index in [4.69, 9.17) is 4.74 Å². The van der Waals surface area contributed by atoms with Crippen molar-refractivity contribution in [3.63, 3.8) is 0 Å². The topological polar surface area (TPSA) is 38.3 Å². The number of nitrogens with one attached hydrogen (secondary N) is 1. The van der Waals surface area contributed by atoms with Crippen LogP contribution in [0.4, 0.5) is 0 Å². The van der Waals surface area contributed by atoms with Crippen LogP contribution < -0.4 is 5.32 Å². The third-order valence-electron chi connectivity index (χ3n) is 5.24. The minimum Gasteiger partial charge on any atom is -0.368 e. The smallest absolute Gasteiger partial charge is 0.249 e. The Balaban J connectivity index is 1.56. The molecule has 1 aromatic carbocycles. The molecule has 1 aromatic rings. The van der Waals surface area contributed by atoms with Gasteiger partial charge in [-0.25, -0.2) is 0 Å². The number of carbonyl (C=O) groups is 1. The molecule has 2 aliphatic rings. The second kappa shape index (κ2) is 7.96. The zero-order chi connectivity index (χ0) is 16.1. The molecule has 2 unspecified atom stereocenters. The highest BCUT2D eigenvalue weighted by Gasteiger charge is 2.29. The van der Waals surface area contributed by atoms with Crippen molar-refractivity contribution in [2.24, 2.45) is 11.8 Å². The van der Waals surface area contributed by atoms with Crippen molar-refractivity contribution >= 4 is 5.91 Å². The van der Waals surface area contributed by atoms with Gasteiger partial charge in [0.05, 0.1) is 6.61 Å². The van der Waals surface area contributed by atoms with E-state index in [1.807, 2.05) is 13.0 Å². The third-order valence-corrected chi connectivity index (χ3v) is 5.24. The first kappa shape index (κ1) is 16.5. The van der Waals surface area contributed by atoms with Crippen LogP contribution in [-0.4, -0.2) is 24.7 Å². The molecule has 0 saturated heterocycles. The van der Waals surface area contributed by atoms with Gasteiger partial charge in [-0.05, 0) is 56.4 Å². The van der Waals surface area contributed by atoms with Crippen LogP contribution in [0, 0.1) is 11.8 Å². The van der Waals surface area contributed by atoms with E-state index in [0.29, 0.717) is 11.8 Å². The van der Waals surface area contributed by atoms with Crippen LogP contribution >= 0.6 is 0 Å². The first-order valence-electron chi connectivity index (χ1n) is 9.18. The first-order valence-corrected chi connectivity index (χ1v) is 9.18. The summed E-state index contributed by atoms with van der Waals surface area (Å²) in [6.45, 7) is 2.62. The molecule has 3 heteroatoms. The van der Waals surface area contributed by atoms with Gasteiger partial charge in [0.15, 0.2) is 0 Å². The molecule has 2 fully saturated rings. The molecule has 0 aromatic heterocycles. The number of carbonyl (C=O) groups excluding carboxylic acids is 1. The fourth-order valence-electron chi connectivity index (χ4n) is 3.50. The summed E-state index contributed by atoms with van der Waals surface area (Å²) in [4.78, 5) is 12.5. The number of amides is 1. The van der Waals surface area contributed by atoms with Gasteiger partial charge < -0.3 is 10.1 Å². The molecule has 1 N–H and O–H groups in total. The standard InChI is InChI=1S/C20H29NO2/c1-15(23-14-17-11-12-17)20(22)21-19(18-9-5-6-10-18)13-16-7-3-2-4-8-16/h2-4,7-8,15,17-19H,5-6,9-14H2,1H3,(H,21,22). The third kappa shape index (κ3) is 5.07.